The number of nitrogens with zero attached hydrogens (tertiary/aromatic N) is 2. The van der Waals surface area contributed by atoms with E-state index in [0.29, 0.717) is 12.8 Å². The predicted molar refractivity (Wildman–Crippen MR) is 64.8 cm³/mol. The molecule has 0 aromatic carbocycles. The molecule has 0 radical (unpaired) electrons. The first-order chi connectivity index (χ1) is 6.61. The van der Waals surface area contributed by atoms with Crippen molar-refractivity contribution in [1.29, 1.82) is 0 Å². The van der Waals surface area contributed by atoms with Gasteiger partial charge in [0.2, 0.25) is 11.8 Å². The van der Waals surface area contributed by atoms with Crippen LogP contribution in [0.25, 0.3) is 0 Å². The van der Waals surface area contributed by atoms with Gasteiger partial charge >= 0.3 is 29.6 Å². The molecule has 2 fully saturated rings. The SMILES string of the molecule is CN1C(=O)CCC1=O.CN1CCCC1.[AlH3].[H-].[Na+]. The number of amides is 2. The number of carbonyl (C=O) groups is 2. The van der Waals surface area contributed by atoms with E-state index in [-0.39, 0.29) is 60.2 Å². The van der Waals surface area contributed by atoms with Crippen LogP contribution in [0.1, 0.15) is 27.1 Å². The normalized spacial score (nSPS) is 19.8. The van der Waals surface area contributed by atoms with Crippen molar-refractivity contribution in [2.45, 2.75) is 25.7 Å². The van der Waals surface area contributed by atoms with Crippen molar-refractivity contribution >= 4 is 29.2 Å². The van der Waals surface area contributed by atoms with Crippen LogP contribution in [-0.4, -0.2) is 66.2 Å². The van der Waals surface area contributed by atoms with Gasteiger partial charge in [0.15, 0.2) is 17.4 Å². The van der Waals surface area contributed by atoms with Gasteiger partial charge in [-0.25, -0.2) is 0 Å². The first-order valence-electron chi connectivity index (χ1n) is 5.09. The van der Waals surface area contributed by atoms with Gasteiger partial charge in [0.1, 0.15) is 0 Å². The molecule has 0 aromatic heterocycles. The summed E-state index contributed by atoms with van der Waals surface area (Å²) in [5.41, 5.74) is 0. The third-order valence-corrected chi connectivity index (χ3v) is 2.63. The van der Waals surface area contributed by atoms with E-state index in [1.165, 1.54) is 37.9 Å². The van der Waals surface area contributed by atoms with Gasteiger partial charge < -0.3 is 6.33 Å². The molecule has 0 saturated carbocycles. The fourth-order valence-electron chi connectivity index (χ4n) is 1.56. The summed E-state index contributed by atoms with van der Waals surface area (Å²) in [5.74, 6) is -0.120. The van der Waals surface area contributed by atoms with Crippen molar-refractivity contribution in [2.75, 3.05) is 27.2 Å². The molecule has 6 heteroatoms. The summed E-state index contributed by atoms with van der Waals surface area (Å²) in [6.07, 6.45) is 3.62. The molecule has 0 spiro atoms. The zero-order chi connectivity index (χ0) is 10.6. The Balaban J connectivity index is -0.000000201. The maximum Gasteiger partial charge on any atom is 1.00 e. The molecule has 2 aliphatic rings. The monoisotopic (exact) mass is 252 g/mol. The third-order valence-electron chi connectivity index (χ3n) is 2.63. The van der Waals surface area contributed by atoms with Gasteiger partial charge in [0.05, 0.1) is 0 Å². The molecule has 0 unspecified atom stereocenters. The van der Waals surface area contributed by atoms with E-state index in [1.54, 1.807) is 0 Å². The molecule has 2 amide bonds. The van der Waals surface area contributed by atoms with Crippen LogP contribution in [-0.2, 0) is 9.59 Å². The van der Waals surface area contributed by atoms with Gasteiger partial charge in [-0.1, -0.05) is 0 Å². The molecule has 0 aliphatic carbocycles. The van der Waals surface area contributed by atoms with Crippen molar-refractivity contribution in [2.24, 2.45) is 0 Å². The maximum absolute atomic E-state index is 10.5. The van der Waals surface area contributed by atoms with E-state index in [0.717, 1.165) is 0 Å². The van der Waals surface area contributed by atoms with Crippen LogP contribution >= 0.6 is 0 Å². The summed E-state index contributed by atoms with van der Waals surface area (Å²) in [6, 6.07) is 0. The van der Waals surface area contributed by atoms with Crippen LogP contribution in [0.2, 0.25) is 0 Å². The van der Waals surface area contributed by atoms with E-state index in [9.17, 15) is 9.59 Å². The Morgan fingerprint density at radius 3 is 1.50 bits per heavy atom. The summed E-state index contributed by atoms with van der Waals surface area (Å²) in [5, 5.41) is 0. The Morgan fingerprint density at radius 1 is 1.00 bits per heavy atom. The summed E-state index contributed by atoms with van der Waals surface area (Å²) in [6.45, 7) is 2.64. The Morgan fingerprint density at radius 2 is 1.38 bits per heavy atom. The van der Waals surface area contributed by atoms with E-state index in [2.05, 4.69) is 11.9 Å². The van der Waals surface area contributed by atoms with Crippen LogP contribution in [0.5, 0.6) is 0 Å². The topological polar surface area (TPSA) is 40.6 Å². The average molecular weight is 252 g/mol. The quantitative estimate of drug-likeness (QED) is 0.330. The molecule has 0 atom stereocenters. The summed E-state index contributed by atoms with van der Waals surface area (Å²) < 4.78 is 0. The minimum absolute atomic E-state index is 0. The van der Waals surface area contributed by atoms with Crippen molar-refractivity contribution < 1.29 is 40.6 Å². The fraction of sp³-hybridized carbons (Fsp3) is 0.800. The maximum atomic E-state index is 10.5. The first-order valence-corrected chi connectivity index (χ1v) is 5.09. The Bertz CT molecular complexity index is 222. The summed E-state index contributed by atoms with van der Waals surface area (Å²) in [7, 11) is 3.69. The van der Waals surface area contributed by atoms with Gasteiger partial charge in [0.25, 0.3) is 0 Å². The largest absolute Gasteiger partial charge is 1.00 e. The Kier molecular flexibility index (Phi) is 11.4. The number of imide groups is 1. The Hall–Kier alpha value is 0.632. The van der Waals surface area contributed by atoms with Crippen LogP contribution in [0.4, 0.5) is 0 Å². The second kappa shape index (κ2) is 9.64. The molecule has 2 heterocycles. The Labute approximate surface area is 132 Å². The van der Waals surface area contributed by atoms with Crippen molar-refractivity contribution in [3.05, 3.63) is 0 Å². The molecule has 0 aromatic rings. The van der Waals surface area contributed by atoms with Crippen LogP contribution in [0, 0.1) is 0 Å². The smallest absolute Gasteiger partial charge is 1.00 e. The van der Waals surface area contributed by atoms with E-state index in [4.69, 9.17) is 0 Å². The van der Waals surface area contributed by atoms with Gasteiger partial charge in [-0.2, -0.15) is 0 Å². The summed E-state index contributed by atoms with van der Waals surface area (Å²) >= 11 is 0. The molecule has 16 heavy (non-hydrogen) atoms. The van der Waals surface area contributed by atoms with Crippen molar-refractivity contribution in [1.82, 2.24) is 9.80 Å². The van der Waals surface area contributed by atoms with Crippen molar-refractivity contribution in [3.8, 4) is 0 Å². The fourth-order valence-corrected chi connectivity index (χ4v) is 1.56. The number of carbonyl (C=O) groups excluding carboxylic acids is 2. The number of hydrogen-bond donors (Lipinski definition) is 0. The number of rotatable bonds is 0. The van der Waals surface area contributed by atoms with Crippen molar-refractivity contribution in [3.63, 3.8) is 0 Å². The molecule has 88 valence electrons. The second-order valence-electron chi connectivity index (χ2n) is 3.86. The van der Waals surface area contributed by atoms with Crippen LogP contribution in [0.15, 0.2) is 0 Å². The van der Waals surface area contributed by atoms with E-state index >= 15 is 0 Å². The molecule has 0 bridgehead atoms. The number of likely N-dealkylation sites (tertiary alicyclic amines) is 2. The zero-order valence-corrected chi connectivity index (χ0v) is 12.0. The van der Waals surface area contributed by atoms with E-state index in [1.807, 2.05) is 0 Å². The average Bonchev–Trinajstić information content (AvgIpc) is 2.73. The molecule has 2 rings (SSSR count). The van der Waals surface area contributed by atoms with Gasteiger partial charge in [-0.05, 0) is 33.0 Å². The molecule has 2 saturated heterocycles. The minimum atomic E-state index is -0.0602. The molecule has 0 N–H and O–H groups in total. The van der Waals surface area contributed by atoms with E-state index < -0.39 is 0 Å². The standard InChI is InChI=1S/C5H7NO2.C5H11N.Al.Na.4H/c1-6-4(7)2-3-5(6)8;1-6-4-2-3-5-6;;;;;;/h2-3H2,1H3;2-5H2,1H3;;;;;;/q;;;+1;;;;-1. The zero-order valence-electron chi connectivity index (χ0n) is 11.0. The van der Waals surface area contributed by atoms with Gasteiger partial charge in [0, 0.05) is 19.9 Å². The van der Waals surface area contributed by atoms with Crippen LogP contribution in [0.3, 0.4) is 0 Å². The molecule has 4 nitrogen and oxygen atoms in total. The van der Waals surface area contributed by atoms with Crippen LogP contribution < -0.4 is 29.6 Å². The van der Waals surface area contributed by atoms with Gasteiger partial charge in [-0.15, -0.1) is 0 Å². The molecular formula is C10H22AlN2NaO2. The molecular weight excluding hydrogens is 230 g/mol. The minimum Gasteiger partial charge on any atom is -1.00 e. The molecule has 2 aliphatic heterocycles. The number of hydrogen-bond acceptors (Lipinski definition) is 3. The van der Waals surface area contributed by atoms with Gasteiger partial charge in [-0.3, -0.25) is 14.5 Å². The predicted octanol–water partition coefficient (Wildman–Crippen LogP) is -3.59. The second-order valence-corrected chi connectivity index (χ2v) is 3.86. The third kappa shape index (κ3) is 6.39. The summed E-state index contributed by atoms with van der Waals surface area (Å²) in [4.78, 5) is 24.5. The first kappa shape index (κ1) is 19.0.